The topological polar surface area (TPSA) is 21.7 Å². The Morgan fingerprint density at radius 3 is 2.33 bits per heavy atom. The van der Waals surface area contributed by atoms with Crippen molar-refractivity contribution in [3.05, 3.63) is 18.2 Å². The standard InChI is InChI=1S/C12H14F3NO2/c1-17-10-5-4-9(16-6-2-3-7-16)8-11(10)18-12(13,14)15/h4-5,8H,2-3,6-7H2,1H3. The van der Waals surface area contributed by atoms with Gasteiger partial charge in [-0.3, -0.25) is 0 Å². The summed E-state index contributed by atoms with van der Waals surface area (Å²) in [5.41, 5.74) is 0.729. The van der Waals surface area contributed by atoms with Crippen LogP contribution in [0.1, 0.15) is 12.8 Å². The molecule has 1 aliphatic heterocycles. The fourth-order valence-electron chi connectivity index (χ4n) is 2.04. The molecule has 0 atom stereocenters. The molecular weight excluding hydrogens is 247 g/mol. The molecule has 1 saturated heterocycles. The van der Waals surface area contributed by atoms with Crippen molar-refractivity contribution in [2.45, 2.75) is 19.2 Å². The molecule has 0 amide bonds. The molecule has 3 nitrogen and oxygen atoms in total. The molecule has 0 saturated carbocycles. The lowest BCUT2D eigenvalue weighted by molar-refractivity contribution is -0.275. The number of rotatable bonds is 3. The van der Waals surface area contributed by atoms with Crippen LogP contribution in [0.5, 0.6) is 11.5 Å². The molecule has 100 valence electrons. The summed E-state index contributed by atoms with van der Waals surface area (Å²) in [6.07, 6.45) is -2.60. The molecule has 1 aliphatic rings. The van der Waals surface area contributed by atoms with E-state index in [0.29, 0.717) is 0 Å². The molecule has 0 spiro atoms. The van der Waals surface area contributed by atoms with Crippen LogP contribution in [0.15, 0.2) is 18.2 Å². The summed E-state index contributed by atoms with van der Waals surface area (Å²) in [5, 5.41) is 0. The number of halogens is 3. The lowest BCUT2D eigenvalue weighted by atomic mass is 10.2. The smallest absolute Gasteiger partial charge is 0.493 e. The Balaban J connectivity index is 2.26. The molecule has 18 heavy (non-hydrogen) atoms. The number of methoxy groups -OCH3 is 1. The van der Waals surface area contributed by atoms with Crippen LogP contribution in [0.3, 0.4) is 0 Å². The summed E-state index contributed by atoms with van der Waals surface area (Å²) in [4.78, 5) is 2.03. The van der Waals surface area contributed by atoms with Gasteiger partial charge in [0.15, 0.2) is 11.5 Å². The highest BCUT2D eigenvalue weighted by molar-refractivity contribution is 5.56. The van der Waals surface area contributed by atoms with E-state index in [4.69, 9.17) is 4.74 Å². The third-order valence-electron chi connectivity index (χ3n) is 2.84. The zero-order chi connectivity index (χ0) is 13.2. The number of alkyl halides is 3. The van der Waals surface area contributed by atoms with Gasteiger partial charge in [0, 0.05) is 24.8 Å². The first-order chi connectivity index (χ1) is 8.49. The van der Waals surface area contributed by atoms with Crippen LogP contribution in [-0.2, 0) is 0 Å². The minimum absolute atomic E-state index is 0.0790. The molecular formula is C12H14F3NO2. The molecule has 1 heterocycles. The van der Waals surface area contributed by atoms with Crippen molar-refractivity contribution in [1.29, 1.82) is 0 Å². The summed E-state index contributed by atoms with van der Waals surface area (Å²) in [6.45, 7) is 1.72. The van der Waals surface area contributed by atoms with Gasteiger partial charge in [0.05, 0.1) is 7.11 Å². The Morgan fingerprint density at radius 2 is 1.78 bits per heavy atom. The molecule has 2 rings (SSSR count). The number of hydrogen-bond donors (Lipinski definition) is 0. The predicted molar refractivity (Wildman–Crippen MR) is 61.1 cm³/mol. The van der Waals surface area contributed by atoms with Gasteiger partial charge in [-0.25, -0.2) is 0 Å². The van der Waals surface area contributed by atoms with Crippen molar-refractivity contribution >= 4 is 5.69 Å². The van der Waals surface area contributed by atoms with Crippen molar-refractivity contribution in [2.75, 3.05) is 25.1 Å². The molecule has 1 fully saturated rings. The fourth-order valence-corrected chi connectivity index (χ4v) is 2.04. The van der Waals surface area contributed by atoms with E-state index >= 15 is 0 Å². The quantitative estimate of drug-likeness (QED) is 0.834. The van der Waals surface area contributed by atoms with E-state index in [1.165, 1.54) is 19.2 Å². The summed E-state index contributed by atoms with van der Waals surface area (Å²) in [6, 6.07) is 4.61. The molecule has 1 aromatic rings. The Bertz CT molecular complexity index is 414. The lowest BCUT2D eigenvalue weighted by Gasteiger charge is -2.20. The van der Waals surface area contributed by atoms with E-state index in [0.717, 1.165) is 31.6 Å². The Morgan fingerprint density at radius 1 is 1.11 bits per heavy atom. The van der Waals surface area contributed by atoms with Crippen LogP contribution in [-0.4, -0.2) is 26.6 Å². The highest BCUT2D eigenvalue weighted by Gasteiger charge is 2.32. The monoisotopic (exact) mass is 261 g/mol. The van der Waals surface area contributed by atoms with Gasteiger partial charge in [-0.05, 0) is 25.0 Å². The van der Waals surface area contributed by atoms with E-state index in [-0.39, 0.29) is 11.5 Å². The third-order valence-corrected chi connectivity index (χ3v) is 2.84. The Labute approximate surface area is 103 Å². The van der Waals surface area contributed by atoms with Gasteiger partial charge in [-0.15, -0.1) is 13.2 Å². The van der Waals surface area contributed by atoms with Crippen molar-refractivity contribution in [2.24, 2.45) is 0 Å². The largest absolute Gasteiger partial charge is 0.573 e. The van der Waals surface area contributed by atoms with E-state index < -0.39 is 6.36 Å². The van der Waals surface area contributed by atoms with Crippen LogP contribution >= 0.6 is 0 Å². The minimum Gasteiger partial charge on any atom is -0.493 e. The maximum atomic E-state index is 12.3. The van der Waals surface area contributed by atoms with Gasteiger partial charge in [0.25, 0.3) is 0 Å². The van der Waals surface area contributed by atoms with Crippen molar-refractivity contribution in [3.8, 4) is 11.5 Å². The lowest BCUT2D eigenvalue weighted by Crippen LogP contribution is -2.20. The molecule has 0 N–H and O–H groups in total. The van der Waals surface area contributed by atoms with Crippen molar-refractivity contribution in [1.82, 2.24) is 0 Å². The average Bonchev–Trinajstić information content (AvgIpc) is 2.80. The number of nitrogens with zero attached hydrogens (tertiary/aromatic N) is 1. The van der Waals surface area contributed by atoms with Crippen LogP contribution < -0.4 is 14.4 Å². The van der Waals surface area contributed by atoms with Crippen LogP contribution in [0, 0.1) is 0 Å². The fraction of sp³-hybridized carbons (Fsp3) is 0.500. The van der Waals surface area contributed by atoms with Crippen LogP contribution in [0.25, 0.3) is 0 Å². The van der Waals surface area contributed by atoms with E-state index in [1.54, 1.807) is 6.07 Å². The van der Waals surface area contributed by atoms with E-state index in [2.05, 4.69) is 4.74 Å². The van der Waals surface area contributed by atoms with Crippen molar-refractivity contribution in [3.63, 3.8) is 0 Å². The highest BCUT2D eigenvalue weighted by Crippen LogP contribution is 2.36. The second-order valence-electron chi connectivity index (χ2n) is 4.08. The number of ether oxygens (including phenoxy) is 2. The molecule has 0 aromatic heterocycles. The second kappa shape index (κ2) is 4.96. The first-order valence-electron chi connectivity index (χ1n) is 5.68. The molecule has 0 bridgehead atoms. The minimum atomic E-state index is -4.71. The number of hydrogen-bond acceptors (Lipinski definition) is 3. The highest BCUT2D eigenvalue weighted by atomic mass is 19.4. The Hall–Kier alpha value is -1.59. The summed E-state index contributed by atoms with van der Waals surface area (Å²) >= 11 is 0. The first kappa shape index (κ1) is 12.9. The van der Waals surface area contributed by atoms with Gasteiger partial charge in [0.2, 0.25) is 0 Å². The molecule has 1 aromatic carbocycles. The van der Waals surface area contributed by atoms with E-state index in [9.17, 15) is 13.2 Å². The third kappa shape index (κ3) is 3.00. The molecule has 0 radical (unpaired) electrons. The Kier molecular flexibility index (Phi) is 3.54. The predicted octanol–water partition coefficient (Wildman–Crippen LogP) is 3.19. The van der Waals surface area contributed by atoms with Crippen molar-refractivity contribution < 1.29 is 22.6 Å². The zero-order valence-corrected chi connectivity index (χ0v) is 9.96. The van der Waals surface area contributed by atoms with E-state index in [1.807, 2.05) is 4.90 Å². The van der Waals surface area contributed by atoms with Crippen LogP contribution in [0.4, 0.5) is 18.9 Å². The van der Waals surface area contributed by atoms with Gasteiger partial charge < -0.3 is 14.4 Å². The summed E-state index contributed by atoms with van der Waals surface area (Å²) in [5.74, 6) is -0.218. The van der Waals surface area contributed by atoms with Gasteiger partial charge in [-0.1, -0.05) is 0 Å². The maximum absolute atomic E-state index is 12.3. The number of benzene rings is 1. The molecule has 0 unspecified atom stereocenters. The first-order valence-corrected chi connectivity index (χ1v) is 5.68. The SMILES string of the molecule is COc1ccc(N2CCCC2)cc1OC(F)(F)F. The maximum Gasteiger partial charge on any atom is 0.573 e. The molecule has 0 aliphatic carbocycles. The normalized spacial score (nSPS) is 15.9. The van der Waals surface area contributed by atoms with Crippen LogP contribution in [0.2, 0.25) is 0 Å². The second-order valence-corrected chi connectivity index (χ2v) is 4.08. The summed E-state index contributed by atoms with van der Waals surface area (Å²) in [7, 11) is 1.31. The molecule has 6 heteroatoms. The zero-order valence-electron chi connectivity index (χ0n) is 9.96. The van der Waals surface area contributed by atoms with Gasteiger partial charge >= 0.3 is 6.36 Å². The average molecular weight is 261 g/mol. The summed E-state index contributed by atoms with van der Waals surface area (Å²) < 4.78 is 45.7. The number of anilines is 1. The van der Waals surface area contributed by atoms with Gasteiger partial charge in [-0.2, -0.15) is 0 Å². The van der Waals surface area contributed by atoms with Gasteiger partial charge in [0.1, 0.15) is 0 Å².